The number of fused-ring (bicyclic) bond motifs is 1. The molecule has 1 N–H and O–H groups in total. The Balaban J connectivity index is 1.78. The Bertz CT molecular complexity index is 1040. The third-order valence-electron chi connectivity index (χ3n) is 4.24. The summed E-state index contributed by atoms with van der Waals surface area (Å²) in [6.07, 6.45) is 1.09. The minimum absolute atomic E-state index is 0.407. The topological polar surface area (TPSA) is 69.6 Å². The fourth-order valence-corrected chi connectivity index (χ4v) is 2.93. The second kappa shape index (κ2) is 8.17. The summed E-state index contributed by atoms with van der Waals surface area (Å²) in [5.41, 5.74) is 1.42. The zero-order valence-corrected chi connectivity index (χ0v) is 17.5. The summed E-state index contributed by atoms with van der Waals surface area (Å²) in [7, 11) is 0. The first-order valence-corrected chi connectivity index (χ1v) is 9.59. The van der Waals surface area contributed by atoms with Crippen molar-refractivity contribution in [2.45, 2.75) is 39.2 Å². The summed E-state index contributed by atoms with van der Waals surface area (Å²) in [4.78, 5) is 30.2. The molecule has 2 aromatic carbocycles. The van der Waals surface area contributed by atoms with Gasteiger partial charge in [0.15, 0.2) is 0 Å². The largest absolute Gasteiger partial charge is 0.444 e. The minimum Gasteiger partial charge on any atom is -0.444 e. The molecule has 0 radical (unpaired) electrons. The van der Waals surface area contributed by atoms with Crippen LogP contribution >= 0.6 is 11.6 Å². The molecule has 0 aliphatic carbocycles. The van der Waals surface area contributed by atoms with E-state index in [1.54, 1.807) is 82.4 Å². The Hall–Kier alpha value is -2.99. The van der Waals surface area contributed by atoms with E-state index in [0.717, 1.165) is 10.9 Å². The van der Waals surface area contributed by atoms with Crippen LogP contribution in [0.15, 0.2) is 54.7 Å². The van der Waals surface area contributed by atoms with Crippen LogP contribution in [0.1, 0.15) is 39.2 Å². The number of anilines is 1. The first kappa shape index (κ1) is 20.7. The van der Waals surface area contributed by atoms with Crippen molar-refractivity contribution >= 4 is 40.3 Å². The maximum Gasteiger partial charge on any atom is 0.412 e. The van der Waals surface area contributed by atoms with Gasteiger partial charge in [0.25, 0.3) is 0 Å². The van der Waals surface area contributed by atoms with Crippen LogP contribution in [0.25, 0.3) is 10.9 Å². The number of nitrogens with zero attached hydrogens (tertiary/aromatic N) is 1. The van der Waals surface area contributed by atoms with Crippen LogP contribution in [-0.2, 0) is 9.53 Å². The molecule has 1 amide bonds. The maximum absolute atomic E-state index is 12.6. The lowest BCUT2D eigenvalue weighted by Gasteiger charge is -2.20. The second-order valence-corrected chi connectivity index (χ2v) is 8.13. The number of aromatic nitrogens is 1. The van der Waals surface area contributed by atoms with Crippen molar-refractivity contribution in [1.29, 1.82) is 0 Å². The van der Waals surface area contributed by atoms with Gasteiger partial charge in [0.2, 0.25) is 0 Å². The molecule has 1 heterocycles. The summed E-state index contributed by atoms with van der Waals surface area (Å²) >= 11 is 5.90. The zero-order chi connectivity index (χ0) is 21.2. The molecule has 0 spiro atoms. The molecule has 0 saturated carbocycles. The number of halogens is 1. The van der Waals surface area contributed by atoms with Crippen molar-refractivity contribution in [3.63, 3.8) is 0 Å². The van der Waals surface area contributed by atoms with Gasteiger partial charge < -0.3 is 9.57 Å². The summed E-state index contributed by atoms with van der Waals surface area (Å²) in [5.74, 6) is -0.872. The standard InChI is InChI=1S/C22H23ClN2O4/c1-14(15-8-10-16(23)11-9-15)20(26)29-25-13-12-17-18(6-5-7-19(17)25)24-21(27)28-22(2,3)4/h5-14H,1-4H3,(H,24,27). The summed E-state index contributed by atoms with van der Waals surface area (Å²) in [6.45, 7) is 7.16. The number of carbonyl (C=O) groups is 2. The van der Waals surface area contributed by atoms with Crippen LogP contribution in [0, 0.1) is 0 Å². The van der Waals surface area contributed by atoms with Crippen LogP contribution in [-0.4, -0.2) is 22.4 Å². The summed E-state index contributed by atoms with van der Waals surface area (Å²) < 4.78 is 6.69. The van der Waals surface area contributed by atoms with E-state index in [4.69, 9.17) is 21.2 Å². The second-order valence-electron chi connectivity index (χ2n) is 7.69. The number of rotatable bonds is 4. The SMILES string of the molecule is CC(C(=O)On1ccc2c(NC(=O)OC(C)(C)C)cccc21)c1ccc(Cl)cc1. The summed E-state index contributed by atoms with van der Waals surface area (Å²) in [5, 5.41) is 4.07. The molecule has 0 aliphatic rings. The highest BCUT2D eigenvalue weighted by Gasteiger charge is 2.20. The Morgan fingerprint density at radius 1 is 1.07 bits per heavy atom. The number of carbonyl (C=O) groups excluding carboxylic acids is 2. The summed E-state index contributed by atoms with van der Waals surface area (Å²) in [6, 6.07) is 14.2. The van der Waals surface area contributed by atoms with Crippen LogP contribution < -0.4 is 10.2 Å². The molecule has 1 atom stereocenters. The van der Waals surface area contributed by atoms with Crippen LogP contribution in [0.2, 0.25) is 5.02 Å². The predicted octanol–water partition coefficient (Wildman–Crippen LogP) is 5.40. The highest BCUT2D eigenvalue weighted by atomic mass is 35.5. The molecular formula is C22H23ClN2O4. The van der Waals surface area contributed by atoms with Crippen LogP contribution in [0.3, 0.4) is 0 Å². The van der Waals surface area contributed by atoms with Crippen molar-refractivity contribution in [2.24, 2.45) is 0 Å². The lowest BCUT2D eigenvalue weighted by atomic mass is 10.0. The zero-order valence-electron chi connectivity index (χ0n) is 16.7. The number of hydrogen-bond acceptors (Lipinski definition) is 4. The van der Waals surface area contributed by atoms with Gasteiger partial charge in [-0.15, -0.1) is 0 Å². The average Bonchev–Trinajstić information content (AvgIpc) is 3.04. The number of nitrogens with one attached hydrogen (secondary N) is 1. The Kier molecular flexibility index (Phi) is 5.84. The molecule has 29 heavy (non-hydrogen) atoms. The van der Waals surface area contributed by atoms with Crippen molar-refractivity contribution in [3.05, 3.63) is 65.3 Å². The van der Waals surface area contributed by atoms with Gasteiger partial charge in [-0.25, -0.2) is 9.59 Å². The van der Waals surface area contributed by atoms with Gasteiger partial charge in [0.05, 0.1) is 17.1 Å². The van der Waals surface area contributed by atoms with Gasteiger partial charge in [-0.1, -0.05) is 29.8 Å². The molecule has 0 bridgehead atoms. The third-order valence-corrected chi connectivity index (χ3v) is 4.50. The van der Waals surface area contributed by atoms with E-state index in [9.17, 15) is 9.59 Å². The molecule has 1 unspecified atom stereocenters. The fourth-order valence-electron chi connectivity index (χ4n) is 2.81. The lowest BCUT2D eigenvalue weighted by molar-refractivity contribution is -0.145. The molecule has 6 nitrogen and oxygen atoms in total. The van der Waals surface area contributed by atoms with Crippen molar-refractivity contribution in [3.8, 4) is 0 Å². The number of benzene rings is 2. The molecule has 0 fully saturated rings. The van der Waals surface area contributed by atoms with Gasteiger partial charge in [-0.2, -0.15) is 4.73 Å². The highest BCUT2D eigenvalue weighted by Crippen LogP contribution is 2.25. The van der Waals surface area contributed by atoms with Crippen molar-refractivity contribution < 1.29 is 19.2 Å². The predicted molar refractivity (Wildman–Crippen MR) is 113 cm³/mol. The number of ether oxygens (including phenoxy) is 1. The first-order chi connectivity index (χ1) is 13.6. The monoisotopic (exact) mass is 414 g/mol. The fraction of sp³-hybridized carbons (Fsp3) is 0.273. The highest BCUT2D eigenvalue weighted by molar-refractivity contribution is 6.30. The Morgan fingerprint density at radius 3 is 2.41 bits per heavy atom. The average molecular weight is 415 g/mol. The van der Waals surface area contributed by atoms with Gasteiger partial charge in [-0.3, -0.25) is 5.32 Å². The van der Waals surface area contributed by atoms with Gasteiger partial charge >= 0.3 is 12.1 Å². The minimum atomic E-state index is -0.600. The Labute approximate surface area is 174 Å². The molecule has 0 saturated heterocycles. The van der Waals surface area contributed by atoms with Crippen molar-refractivity contribution in [1.82, 2.24) is 4.73 Å². The van der Waals surface area contributed by atoms with Gasteiger partial charge in [0, 0.05) is 16.6 Å². The van der Waals surface area contributed by atoms with E-state index < -0.39 is 23.6 Å². The maximum atomic E-state index is 12.6. The normalized spacial score (nSPS) is 12.4. The third kappa shape index (κ3) is 5.09. The molecule has 7 heteroatoms. The van der Waals surface area contributed by atoms with E-state index in [2.05, 4.69) is 5.32 Å². The number of hydrogen-bond donors (Lipinski definition) is 1. The van der Waals surface area contributed by atoms with E-state index >= 15 is 0 Å². The molecule has 152 valence electrons. The van der Waals surface area contributed by atoms with E-state index in [1.165, 1.54) is 4.73 Å². The molecule has 3 rings (SSSR count). The van der Waals surface area contributed by atoms with Gasteiger partial charge in [0.1, 0.15) is 5.60 Å². The smallest absolute Gasteiger partial charge is 0.412 e. The quantitative estimate of drug-likeness (QED) is 0.620. The van der Waals surface area contributed by atoms with E-state index in [-0.39, 0.29) is 0 Å². The Morgan fingerprint density at radius 2 is 1.76 bits per heavy atom. The van der Waals surface area contributed by atoms with Crippen molar-refractivity contribution in [2.75, 3.05) is 5.32 Å². The lowest BCUT2D eigenvalue weighted by Crippen LogP contribution is -2.27. The first-order valence-electron chi connectivity index (χ1n) is 9.22. The molecular weight excluding hydrogens is 392 g/mol. The van der Waals surface area contributed by atoms with Gasteiger partial charge in [-0.05, 0) is 63.6 Å². The molecule has 1 aromatic heterocycles. The van der Waals surface area contributed by atoms with Crippen LogP contribution in [0.5, 0.6) is 0 Å². The number of amides is 1. The van der Waals surface area contributed by atoms with Crippen LogP contribution in [0.4, 0.5) is 10.5 Å². The molecule has 3 aromatic rings. The molecule has 0 aliphatic heterocycles. The van der Waals surface area contributed by atoms with E-state index in [0.29, 0.717) is 16.2 Å². The van der Waals surface area contributed by atoms with E-state index in [1.807, 2.05) is 0 Å².